The van der Waals surface area contributed by atoms with Crippen LogP contribution >= 0.6 is 0 Å². The predicted octanol–water partition coefficient (Wildman–Crippen LogP) is 3.22. The number of benzene rings is 1. The lowest BCUT2D eigenvalue weighted by molar-refractivity contribution is -0.113. The number of nitrogens with zero attached hydrogens (tertiary/aromatic N) is 2. The Morgan fingerprint density at radius 2 is 1.83 bits per heavy atom. The minimum Gasteiger partial charge on any atom is -0.349 e. The lowest BCUT2D eigenvalue weighted by atomic mass is 10.2. The van der Waals surface area contributed by atoms with Gasteiger partial charge in [-0.3, -0.25) is 4.79 Å². The number of rotatable bonds is 3. The second kappa shape index (κ2) is 5.76. The molecule has 2 heterocycles. The molecule has 1 fully saturated rings. The first kappa shape index (κ1) is 15.1. The van der Waals surface area contributed by atoms with Crippen LogP contribution in [0.15, 0.2) is 42.1 Å². The number of aromatic nitrogens is 1. The second-order valence-electron chi connectivity index (χ2n) is 5.54. The van der Waals surface area contributed by atoms with Gasteiger partial charge in [0.1, 0.15) is 5.70 Å². The van der Waals surface area contributed by atoms with Crippen molar-refractivity contribution in [3.63, 3.8) is 0 Å². The molecule has 0 bridgehead atoms. The van der Waals surface area contributed by atoms with Gasteiger partial charge in [0.2, 0.25) is 0 Å². The molecule has 3 amide bonds. The van der Waals surface area contributed by atoms with Crippen molar-refractivity contribution in [2.24, 2.45) is 0 Å². The van der Waals surface area contributed by atoms with E-state index < -0.39 is 6.03 Å². The van der Waals surface area contributed by atoms with Crippen molar-refractivity contribution < 1.29 is 9.59 Å². The summed E-state index contributed by atoms with van der Waals surface area (Å²) in [5.41, 5.74) is 4.03. The molecule has 0 radical (unpaired) electrons. The van der Waals surface area contributed by atoms with Gasteiger partial charge in [0.15, 0.2) is 0 Å². The number of urea groups is 1. The van der Waals surface area contributed by atoms with Gasteiger partial charge in [0.05, 0.1) is 5.69 Å². The molecule has 1 aromatic carbocycles. The molecule has 1 N–H and O–H groups in total. The zero-order chi connectivity index (χ0) is 16.6. The molecule has 0 saturated carbocycles. The summed E-state index contributed by atoms with van der Waals surface area (Å²) in [4.78, 5) is 25.9. The zero-order valence-corrected chi connectivity index (χ0v) is 13.5. The van der Waals surface area contributed by atoms with Gasteiger partial charge in [0, 0.05) is 17.9 Å². The highest BCUT2D eigenvalue weighted by Gasteiger charge is 2.34. The first-order valence-electron chi connectivity index (χ1n) is 7.62. The Hall–Kier alpha value is -2.82. The van der Waals surface area contributed by atoms with Gasteiger partial charge in [-0.25, -0.2) is 9.69 Å². The number of hydrogen-bond acceptors (Lipinski definition) is 2. The molecule has 0 spiro atoms. The molecule has 0 aliphatic carbocycles. The molecular weight excluding hydrogens is 290 g/mol. The van der Waals surface area contributed by atoms with Crippen molar-refractivity contribution in [3.05, 3.63) is 59.0 Å². The average molecular weight is 309 g/mol. The number of hydrogen-bond donors (Lipinski definition) is 1. The summed E-state index contributed by atoms with van der Waals surface area (Å²) in [7, 11) is 0. The number of amides is 3. The van der Waals surface area contributed by atoms with Crippen molar-refractivity contribution in [2.75, 3.05) is 4.90 Å². The van der Waals surface area contributed by atoms with Crippen LogP contribution in [0.2, 0.25) is 0 Å². The standard InChI is InChI=1S/C18H19N3O2/c1-4-20-12(2)10-14(13(20)3)11-16-17(22)21(18(23)19-16)15-8-6-5-7-9-15/h5-11H,4H2,1-3H3,(H,19,23). The highest BCUT2D eigenvalue weighted by atomic mass is 16.2. The molecule has 118 valence electrons. The normalized spacial score (nSPS) is 16.3. The minimum atomic E-state index is -0.420. The summed E-state index contributed by atoms with van der Waals surface area (Å²) in [6.45, 7) is 7.00. The Bertz CT molecular complexity index is 803. The van der Waals surface area contributed by atoms with E-state index in [4.69, 9.17) is 0 Å². The summed E-state index contributed by atoms with van der Waals surface area (Å²) < 4.78 is 2.17. The number of para-hydroxylation sites is 1. The van der Waals surface area contributed by atoms with Crippen molar-refractivity contribution in [3.8, 4) is 0 Å². The van der Waals surface area contributed by atoms with Crippen LogP contribution in [0, 0.1) is 13.8 Å². The van der Waals surface area contributed by atoms with Crippen LogP contribution in [0.4, 0.5) is 10.5 Å². The Kier molecular flexibility index (Phi) is 3.78. The van der Waals surface area contributed by atoms with E-state index in [9.17, 15) is 9.59 Å². The van der Waals surface area contributed by atoms with Crippen molar-refractivity contribution in [1.82, 2.24) is 9.88 Å². The number of aryl methyl sites for hydroxylation is 1. The van der Waals surface area contributed by atoms with E-state index in [1.807, 2.05) is 26.0 Å². The first-order valence-corrected chi connectivity index (χ1v) is 7.62. The molecular formula is C18H19N3O2. The van der Waals surface area contributed by atoms with Crippen LogP contribution < -0.4 is 10.2 Å². The van der Waals surface area contributed by atoms with Gasteiger partial charge >= 0.3 is 6.03 Å². The molecule has 1 aliphatic heterocycles. The maximum Gasteiger partial charge on any atom is 0.333 e. The van der Waals surface area contributed by atoms with E-state index in [1.54, 1.807) is 30.3 Å². The van der Waals surface area contributed by atoms with Crippen molar-refractivity contribution >= 4 is 23.7 Å². The van der Waals surface area contributed by atoms with E-state index >= 15 is 0 Å². The summed E-state index contributed by atoms with van der Waals surface area (Å²) in [6.07, 6.45) is 1.75. The lowest BCUT2D eigenvalue weighted by Crippen LogP contribution is -2.30. The first-order chi connectivity index (χ1) is 11.0. The van der Waals surface area contributed by atoms with Gasteiger partial charge in [-0.15, -0.1) is 0 Å². The van der Waals surface area contributed by atoms with Crippen molar-refractivity contribution in [1.29, 1.82) is 0 Å². The molecule has 0 atom stereocenters. The molecule has 0 unspecified atom stereocenters. The molecule has 5 heteroatoms. The minimum absolute atomic E-state index is 0.301. The maximum atomic E-state index is 12.6. The molecule has 1 aliphatic rings. The fourth-order valence-corrected chi connectivity index (χ4v) is 2.96. The molecule has 23 heavy (non-hydrogen) atoms. The number of carbonyl (C=O) groups excluding carboxylic acids is 2. The fraction of sp³-hybridized carbons (Fsp3) is 0.222. The van der Waals surface area contributed by atoms with Crippen LogP contribution in [0.1, 0.15) is 23.9 Å². The molecule has 5 nitrogen and oxygen atoms in total. The van der Waals surface area contributed by atoms with E-state index in [0.717, 1.165) is 28.4 Å². The largest absolute Gasteiger partial charge is 0.349 e. The van der Waals surface area contributed by atoms with Crippen LogP contribution in [-0.4, -0.2) is 16.5 Å². The number of nitrogens with one attached hydrogen (secondary N) is 1. The summed E-state index contributed by atoms with van der Waals surface area (Å²) in [5, 5.41) is 2.66. The second-order valence-corrected chi connectivity index (χ2v) is 5.54. The van der Waals surface area contributed by atoms with Gasteiger partial charge in [0.25, 0.3) is 5.91 Å². The van der Waals surface area contributed by atoms with Gasteiger partial charge in [-0.1, -0.05) is 18.2 Å². The van der Waals surface area contributed by atoms with E-state index in [2.05, 4.69) is 16.8 Å². The predicted molar refractivity (Wildman–Crippen MR) is 90.0 cm³/mol. The maximum absolute atomic E-state index is 12.6. The van der Waals surface area contributed by atoms with E-state index in [0.29, 0.717) is 11.4 Å². The van der Waals surface area contributed by atoms with Crippen LogP contribution in [-0.2, 0) is 11.3 Å². The SMILES string of the molecule is CCn1c(C)cc(C=C2NC(=O)N(c3ccccc3)C2=O)c1C. The van der Waals surface area contributed by atoms with Gasteiger partial charge < -0.3 is 9.88 Å². The van der Waals surface area contributed by atoms with E-state index in [-0.39, 0.29) is 5.91 Å². The quantitative estimate of drug-likeness (QED) is 0.699. The highest BCUT2D eigenvalue weighted by molar-refractivity contribution is 6.28. The smallest absolute Gasteiger partial charge is 0.333 e. The molecule has 1 saturated heterocycles. The third-order valence-corrected chi connectivity index (χ3v) is 4.12. The van der Waals surface area contributed by atoms with Crippen molar-refractivity contribution in [2.45, 2.75) is 27.3 Å². The van der Waals surface area contributed by atoms with Crippen LogP contribution in [0.5, 0.6) is 0 Å². The number of carbonyl (C=O) groups is 2. The monoisotopic (exact) mass is 309 g/mol. The van der Waals surface area contributed by atoms with Crippen LogP contribution in [0.3, 0.4) is 0 Å². The highest BCUT2D eigenvalue weighted by Crippen LogP contribution is 2.23. The molecule has 1 aromatic heterocycles. The zero-order valence-electron chi connectivity index (χ0n) is 13.5. The summed E-state index contributed by atoms with van der Waals surface area (Å²) >= 11 is 0. The third-order valence-electron chi connectivity index (χ3n) is 4.12. The Labute approximate surface area is 135 Å². The Morgan fingerprint density at radius 1 is 1.13 bits per heavy atom. The number of anilines is 1. The summed E-state index contributed by atoms with van der Waals surface area (Å²) in [5.74, 6) is -0.331. The number of imide groups is 1. The lowest BCUT2D eigenvalue weighted by Gasteiger charge is -2.10. The third kappa shape index (κ3) is 2.54. The molecule has 2 aromatic rings. The van der Waals surface area contributed by atoms with Crippen LogP contribution in [0.25, 0.3) is 6.08 Å². The van der Waals surface area contributed by atoms with E-state index in [1.165, 1.54) is 0 Å². The average Bonchev–Trinajstić information content (AvgIpc) is 2.96. The summed E-state index contributed by atoms with van der Waals surface area (Å²) in [6, 6.07) is 10.5. The Balaban J connectivity index is 1.97. The van der Waals surface area contributed by atoms with Gasteiger partial charge in [-0.05, 0) is 50.6 Å². The Morgan fingerprint density at radius 3 is 2.43 bits per heavy atom. The fourth-order valence-electron chi connectivity index (χ4n) is 2.96. The van der Waals surface area contributed by atoms with Gasteiger partial charge in [-0.2, -0.15) is 0 Å². The molecule has 3 rings (SSSR count). The topological polar surface area (TPSA) is 54.3 Å².